The van der Waals surface area contributed by atoms with E-state index in [9.17, 15) is 14.7 Å². The first-order valence-electron chi connectivity index (χ1n) is 6.03. The Morgan fingerprint density at radius 1 is 1.29 bits per heavy atom. The van der Waals surface area contributed by atoms with E-state index in [1.54, 1.807) is 28.7 Å². The summed E-state index contributed by atoms with van der Waals surface area (Å²) < 4.78 is 1.56. The summed E-state index contributed by atoms with van der Waals surface area (Å²) in [5.41, 5.74) is 0.700. The van der Waals surface area contributed by atoms with Crippen molar-refractivity contribution < 1.29 is 19.8 Å². The second-order valence-electron chi connectivity index (χ2n) is 4.34. The zero-order valence-electron chi connectivity index (χ0n) is 10.6. The predicted octanol–water partition coefficient (Wildman–Crippen LogP) is 0.403. The van der Waals surface area contributed by atoms with Crippen LogP contribution in [0.15, 0.2) is 30.6 Å². The molecule has 0 fully saturated rings. The highest BCUT2D eigenvalue weighted by Gasteiger charge is 2.21. The number of aromatic hydroxyl groups is 1. The number of aliphatic carboxylic acids is 1. The van der Waals surface area contributed by atoms with E-state index in [1.807, 2.05) is 0 Å². The summed E-state index contributed by atoms with van der Waals surface area (Å²) in [7, 11) is 0. The third-order valence-electron chi connectivity index (χ3n) is 3.05. The van der Waals surface area contributed by atoms with Crippen LogP contribution in [0, 0.1) is 0 Å². The predicted molar refractivity (Wildman–Crippen MR) is 72.1 cm³/mol. The molecule has 106 valence electrons. The van der Waals surface area contributed by atoms with Crippen LogP contribution in [0.4, 0.5) is 0 Å². The van der Waals surface area contributed by atoms with Gasteiger partial charge in [0.05, 0.1) is 5.52 Å². The number of carbonyl (C=O) groups is 2. The maximum absolute atomic E-state index is 12.1. The van der Waals surface area contributed by atoms with Gasteiger partial charge in [-0.3, -0.25) is 14.0 Å². The Labute approximate surface area is 117 Å². The Kier molecular flexibility index (Phi) is 2.90. The second kappa shape index (κ2) is 4.75. The number of aromatic nitrogens is 3. The number of amides is 1. The molecular formula is C13H10N4O4. The summed E-state index contributed by atoms with van der Waals surface area (Å²) >= 11 is 0. The van der Waals surface area contributed by atoms with Gasteiger partial charge in [0, 0.05) is 5.39 Å². The van der Waals surface area contributed by atoms with Crippen LogP contribution in [0.5, 0.6) is 5.75 Å². The zero-order chi connectivity index (χ0) is 15.0. The minimum Gasteiger partial charge on any atom is -0.506 e. The van der Waals surface area contributed by atoms with Crippen molar-refractivity contribution in [2.45, 2.75) is 0 Å². The van der Waals surface area contributed by atoms with Crippen molar-refractivity contribution in [3.05, 3.63) is 36.2 Å². The molecule has 0 unspecified atom stereocenters. The van der Waals surface area contributed by atoms with Gasteiger partial charge in [-0.15, -0.1) is 10.2 Å². The van der Waals surface area contributed by atoms with Gasteiger partial charge in [-0.2, -0.15) is 0 Å². The molecule has 0 saturated carbocycles. The van der Waals surface area contributed by atoms with E-state index in [4.69, 9.17) is 5.11 Å². The summed E-state index contributed by atoms with van der Waals surface area (Å²) in [6.45, 7) is -0.550. The van der Waals surface area contributed by atoms with Gasteiger partial charge < -0.3 is 15.5 Å². The van der Waals surface area contributed by atoms with Crippen LogP contribution in [0.3, 0.4) is 0 Å². The molecule has 0 aliphatic rings. The Balaban J connectivity index is 2.24. The molecule has 1 amide bonds. The lowest BCUT2D eigenvalue weighted by molar-refractivity contribution is -0.135. The van der Waals surface area contributed by atoms with Crippen LogP contribution >= 0.6 is 0 Å². The molecule has 2 heterocycles. The summed E-state index contributed by atoms with van der Waals surface area (Å²) in [4.78, 5) is 22.6. The Hall–Kier alpha value is -3.16. The van der Waals surface area contributed by atoms with E-state index in [1.165, 1.54) is 6.33 Å². The average molecular weight is 286 g/mol. The monoisotopic (exact) mass is 286 g/mol. The first kappa shape index (κ1) is 12.9. The minimum atomic E-state index is -1.18. The third kappa shape index (κ3) is 2.02. The molecule has 2 aromatic heterocycles. The molecule has 3 rings (SSSR count). The SMILES string of the molecule is O=C(O)CNC(=O)c1c(O)c2ccccc2n2cnnc12. The first-order chi connectivity index (χ1) is 10.1. The van der Waals surface area contributed by atoms with Crippen LogP contribution in [0.25, 0.3) is 16.6 Å². The molecule has 8 heteroatoms. The first-order valence-corrected chi connectivity index (χ1v) is 6.03. The van der Waals surface area contributed by atoms with Gasteiger partial charge >= 0.3 is 5.97 Å². The van der Waals surface area contributed by atoms with E-state index in [2.05, 4.69) is 15.5 Å². The minimum absolute atomic E-state index is 0.104. The molecule has 0 aliphatic heterocycles. The summed E-state index contributed by atoms with van der Waals surface area (Å²) in [5, 5.41) is 29.1. The number of carboxylic acids is 1. The van der Waals surface area contributed by atoms with E-state index >= 15 is 0 Å². The molecule has 3 N–H and O–H groups in total. The van der Waals surface area contributed by atoms with Crippen molar-refractivity contribution in [3.8, 4) is 5.75 Å². The quantitative estimate of drug-likeness (QED) is 0.641. The third-order valence-corrected chi connectivity index (χ3v) is 3.05. The highest BCUT2D eigenvalue weighted by Crippen LogP contribution is 2.31. The maximum Gasteiger partial charge on any atom is 0.322 e. The number of nitrogens with one attached hydrogen (secondary N) is 1. The van der Waals surface area contributed by atoms with Gasteiger partial charge in [0.25, 0.3) is 5.91 Å². The van der Waals surface area contributed by atoms with Crippen LogP contribution in [0.1, 0.15) is 10.4 Å². The van der Waals surface area contributed by atoms with Gasteiger partial charge in [-0.05, 0) is 12.1 Å². The molecule has 1 aromatic carbocycles. The molecule has 0 atom stereocenters. The summed E-state index contributed by atoms with van der Waals surface area (Å²) in [6.07, 6.45) is 1.42. The number of fused-ring (bicyclic) bond motifs is 3. The number of benzene rings is 1. The van der Waals surface area contributed by atoms with Crippen LogP contribution < -0.4 is 5.32 Å². The average Bonchev–Trinajstić information content (AvgIpc) is 2.94. The normalized spacial score (nSPS) is 10.9. The van der Waals surface area contributed by atoms with Gasteiger partial charge in [0.15, 0.2) is 5.65 Å². The van der Waals surface area contributed by atoms with Crippen molar-refractivity contribution in [3.63, 3.8) is 0 Å². The van der Waals surface area contributed by atoms with Crippen molar-refractivity contribution >= 4 is 28.4 Å². The molecule has 3 aromatic rings. The van der Waals surface area contributed by atoms with E-state index in [-0.39, 0.29) is 17.0 Å². The zero-order valence-corrected chi connectivity index (χ0v) is 10.6. The van der Waals surface area contributed by atoms with Crippen LogP contribution in [0.2, 0.25) is 0 Å². The smallest absolute Gasteiger partial charge is 0.322 e. The molecule has 0 radical (unpaired) electrons. The standard InChI is InChI=1S/C13H10N4O4/c18-9(19)5-14-13(21)10-11(20)7-3-1-2-4-8(7)17-6-15-16-12(10)17/h1-4,6,20H,5H2,(H,14,21)(H,18,19). The molecule has 0 aliphatic carbocycles. The molecule has 0 saturated heterocycles. The Morgan fingerprint density at radius 2 is 2.05 bits per heavy atom. The van der Waals surface area contributed by atoms with Gasteiger partial charge in [-0.25, -0.2) is 0 Å². The van der Waals surface area contributed by atoms with Gasteiger partial charge in [-0.1, -0.05) is 12.1 Å². The van der Waals surface area contributed by atoms with Crippen molar-refractivity contribution in [1.29, 1.82) is 0 Å². The largest absolute Gasteiger partial charge is 0.506 e. The molecule has 0 bridgehead atoms. The lowest BCUT2D eigenvalue weighted by Gasteiger charge is -2.10. The molecule has 0 spiro atoms. The Bertz CT molecular complexity index is 871. The van der Waals surface area contributed by atoms with E-state index in [0.29, 0.717) is 10.9 Å². The molecular weight excluding hydrogens is 276 g/mol. The number of pyridine rings is 1. The second-order valence-corrected chi connectivity index (χ2v) is 4.34. The number of para-hydroxylation sites is 1. The van der Waals surface area contributed by atoms with E-state index in [0.717, 1.165) is 0 Å². The van der Waals surface area contributed by atoms with Gasteiger partial charge in [0.1, 0.15) is 24.2 Å². The highest BCUT2D eigenvalue weighted by atomic mass is 16.4. The maximum atomic E-state index is 12.1. The van der Waals surface area contributed by atoms with Crippen LogP contribution in [-0.2, 0) is 4.79 Å². The number of carbonyl (C=O) groups excluding carboxylic acids is 1. The lowest BCUT2D eigenvalue weighted by Crippen LogP contribution is -2.29. The Morgan fingerprint density at radius 3 is 2.81 bits per heavy atom. The summed E-state index contributed by atoms with van der Waals surface area (Å²) in [6, 6.07) is 6.91. The fourth-order valence-electron chi connectivity index (χ4n) is 2.16. The number of hydrogen-bond donors (Lipinski definition) is 3. The highest BCUT2D eigenvalue weighted by molar-refractivity contribution is 6.08. The fourth-order valence-corrected chi connectivity index (χ4v) is 2.16. The molecule has 21 heavy (non-hydrogen) atoms. The van der Waals surface area contributed by atoms with Crippen LogP contribution in [-0.4, -0.2) is 43.2 Å². The van der Waals surface area contributed by atoms with E-state index < -0.39 is 18.4 Å². The van der Waals surface area contributed by atoms with Crippen molar-refractivity contribution in [1.82, 2.24) is 19.9 Å². The summed E-state index contributed by atoms with van der Waals surface area (Å²) in [5.74, 6) is -2.16. The number of hydrogen-bond acceptors (Lipinski definition) is 5. The molecule has 8 nitrogen and oxygen atoms in total. The van der Waals surface area contributed by atoms with Crippen molar-refractivity contribution in [2.75, 3.05) is 6.54 Å². The number of nitrogens with zero attached hydrogens (tertiary/aromatic N) is 3. The topological polar surface area (TPSA) is 117 Å². The lowest BCUT2D eigenvalue weighted by atomic mass is 10.1. The number of carboxylic acid groups (broad SMARTS) is 1. The number of rotatable bonds is 3. The fraction of sp³-hybridized carbons (Fsp3) is 0.0769. The van der Waals surface area contributed by atoms with Crippen molar-refractivity contribution in [2.24, 2.45) is 0 Å². The van der Waals surface area contributed by atoms with Gasteiger partial charge in [0.2, 0.25) is 0 Å².